The molecule has 0 aliphatic heterocycles. The minimum Gasteiger partial charge on any atom is -0.439 e. The first-order chi connectivity index (χ1) is 8.58. The van der Waals surface area contributed by atoms with Crippen molar-refractivity contribution in [2.24, 2.45) is 0 Å². The fraction of sp³-hybridized carbons (Fsp3) is 0. The number of aromatic nitrogens is 1. The van der Waals surface area contributed by atoms with E-state index in [4.69, 9.17) is 38.9 Å². The molecule has 6 heteroatoms. The van der Waals surface area contributed by atoms with Crippen molar-refractivity contribution in [2.75, 3.05) is 5.73 Å². The number of anilines is 1. The van der Waals surface area contributed by atoms with Gasteiger partial charge in [-0.3, -0.25) is 0 Å². The highest BCUT2D eigenvalue weighted by Gasteiger charge is 2.05. The van der Waals surface area contributed by atoms with Gasteiger partial charge in [-0.1, -0.05) is 23.2 Å². The Morgan fingerprint density at radius 1 is 1.17 bits per heavy atom. The summed E-state index contributed by atoms with van der Waals surface area (Å²) in [4.78, 5) is 3.95. The number of pyridine rings is 1. The summed E-state index contributed by atoms with van der Waals surface area (Å²) >= 11 is 11.7. The van der Waals surface area contributed by atoms with Gasteiger partial charge in [0.2, 0.25) is 5.88 Å². The molecule has 0 spiro atoms. The van der Waals surface area contributed by atoms with Crippen LogP contribution in [0.1, 0.15) is 5.69 Å². The van der Waals surface area contributed by atoms with Crippen LogP contribution in [0.2, 0.25) is 10.0 Å². The number of hydrogen-bond acceptors (Lipinski definition) is 4. The number of nitrogens with zero attached hydrogens (tertiary/aromatic N) is 2. The Morgan fingerprint density at radius 3 is 2.44 bits per heavy atom. The van der Waals surface area contributed by atoms with Crippen molar-refractivity contribution >= 4 is 28.9 Å². The summed E-state index contributed by atoms with van der Waals surface area (Å²) in [5, 5.41) is 9.71. The van der Waals surface area contributed by atoms with Crippen LogP contribution in [0.15, 0.2) is 30.3 Å². The fourth-order valence-corrected chi connectivity index (χ4v) is 1.81. The van der Waals surface area contributed by atoms with Crippen molar-refractivity contribution in [3.05, 3.63) is 46.1 Å². The number of halogens is 2. The van der Waals surface area contributed by atoms with Gasteiger partial charge in [0, 0.05) is 16.1 Å². The molecule has 18 heavy (non-hydrogen) atoms. The third-order valence-corrected chi connectivity index (χ3v) is 2.50. The lowest BCUT2D eigenvalue weighted by Gasteiger charge is -2.06. The van der Waals surface area contributed by atoms with Crippen LogP contribution in [0.25, 0.3) is 0 Å². The molecule has 0 saturated heterocycles. The maximum Gasteiger partial charge on any atom is 0.220 e. The van der Waals surface area contributed by atoms with Crippen molar-refractivity contribution in [1.29, 1.82) is 5.26 Å². The molecule has 0 fully saturated rings. The molecule has 2 N–H and O–H groups in total. The smallest absolute Gasteiger partial charge is 0.220 e. The van der Waals surface area contributed by atoms with Crippen molar-refractivity contribution < 1.29 is 4.74 Å². The average molecular weight is 280 g/mol. The summed E-state index contributed by atoms with van der Waals surface area (Å²) in [6.45, 7) is 0. The molecule has 1 aromatic carbocycles. The van der Waals surface area contributed by atoms with Gasteiger partial charge >= 0.3 is 0 Å². The Kier molecular flexibility index (Phi) is 3.56. The van der Waals surface area contributed by atoms with Gasteiger partial charge in [-0.2, -0.15) is 5.26 Å². The number of rotatable bonds is 2. The first-order valence-corrected chi connectivity index (χ1v) is 5.64. The SMILES string of the molecule is N#Cc1nc(Oc2cc(Cl)cc(Cl)c2)ccc1N. The van der Waals surface area contributed by atoms with Crippen molar-refractivity contribution in [3.8, 4) is 17.7 Å². The van der Waals surface area contributed by atoms with E-state index in [0.29, 0.717) is 21.5 Å². The average Bonchev–Trinajstić information content (AvgIpc) is 2.30. The summed E-state index contributed by atoms with van der Waals surface area (Å²) in [7, 11) is 0. The van der Waals surface area contributed by atoms with Crippen LogP contribution in [0.4, 0.5) is 5.69 Å². The van der Waals surface area contributed by atoms with Gasteiger partial charge in [-0.15, -0.1) is 0 Å². The summed E-state index contributed by atoms with van der Waals surface area (Å²) in [5.41, 5.74) is 5.97. The second-order valence-electron chi connectivity index (χ2n) is 3.41. The van der Waals surface area contributed by atoms with E-state index in [9.17, 15) is 0 Å². The molecule has 0 aliphatic carbocycles. The summed E-state index contributed by atoms with van der Waals surface area (Å²) in [5.74, 6) is 0.688. The van der Waals surface area contributed by atoms with Crippen LogP contribution in [0.3, 0.4) is 0 Å². The standard InChI is InChI=1S/C12H7Cl2N3O/c13-7-3-8(14)5-9(4-7)18-12-2-1-10(16)11(6-15)17-12/h1-5H,16H2. The van der Waals surface area contributed by atoms with E-state index in [1.165, 1.54) is 0 Å². The molecule has 2 rings (SSSR count). The largest absolute Gasteiger partial charge is 0.439 e. The molecule has 0 atom stereocenters. The molecule has 1 heterocycles. The number of hydrogen-bond donors (Lipinski definition) is 1. The number of nitriles is 1. The van der Waals surface area contributed by atoms with Crippen molar-refractivity contribution in [2.45, 2.75) is 0 Å². The third kappa shape index (κ3) is 2.83. The summed E-state index contributed by atoms with van der Waals surface area (Å²) in [6.07, 6.45) is 0. The third-order valence-electron chi connectivity index (χ3n) is 2.07. The van der Waals surface area contributed by atoms with Crippen LogP contribution < -0.4 is 10.5 Å². The predicted molar refractivity (Wildman–Crippen MR) is 69.9 cm³/mol. The van der Waals surface area contributed by atoms with Crippen molar-refractivity contribution in [1.82, 2.24) is 4.98 Å². The molecule has 0 unspecified atom stereocenters. The maximum absolute atomic E-state index is 8.81. The number of nitrogen functional groups attached to an aromatic ring is 1. The topological polar surface area (TPSA) is 71.9 Å². The molecule has 4 nitrogen and oxygen atoms in total. The second kappa shape index (κ2) is 5.13. The summed E-state index contributed by atoms with van der Waals surface area (Å²) in [6, 6.07) is 9.76. The molecule has 2 aromatic rings. The molecular formula is C12H7Cl2N3O. The van der Waals surface area contributed by atoms with Crippen LogP contribution in [0, 0.1) is 11.3 Å². The van der Waals surface area contributed by atoms with Gasteiger partial charge in [0.1, 0.15) is 11.8 Å². The Balaban J connectivity index is 2.31. The maximum atomic E-state index is 8.81. The highest BCUT2D eigenvalue weighted by atomic mass is 35.5. The quantitative estimate of drug-likeness (QED) is 0.911. The summed E-state index contributed by atoms with van der Waals surface area (Å²) < 4.78 is 5.45. The zero-order chi connectivity index (χ0) is 13.1. The van der Waals surface area contributed by atoms with E-state index < -0.39 is 0 Å². The number of ether oxygens (including phenoxy) is 1. The number of nitrogens with two attached hydrogens (primary N) is 1. The Morgan fingerprint density at radius 2 is 1.83 bits per heavy atom. The molecule has 0 bridgehead atoms. The van der Waals surface area contributed by atoms with Crippen LogP contribution in [-0.2, 0) is 0 Å². The molecule has 0 amide bonds. The van der Waals surface area contributed by atoms with Gasteiger partial charge in [0.25, 0.3) is 0 Å². The van der Waals surface area contributed by atoms with E-state index >= 15 is 0 Å². The van der Waals surface area contributed by atoms with E-state index in [1.807, 2.05) is 6.07 Å². The van der Waals surface area contributed by atoms with Crippen LogP contribution in [0.5, 0.6) is 11.6 Å². The normalized spacial score (nSPS) is 9.83. The fourth-order valence-electron chi connectivity index (χ4n) is 1.31. The first-order valence-electron chi connectivity index (χ1n) is 4.89. The van der Waals surface area contributed by atoms with E-state index in [0.717, 1.165) is 0 Å². The Labute approximate surface area is 114 Å². The molecule has 0 aliphatic rings. The Bertz CT molecular complexity index is 617. The first kappa shape index (κ1) is 12.5. The number of benzene rings is 1. The molecule has 90 valence electrons. The molecule has 1 aromatic heterocycles. The zero-order valence-electron chi connectivity index (χ0n) is 9.02. The zero-order valence-corrected chi connectivity index (χ0v) is 10.5. The lowest BCUT2D eigenvalue weighted by Crippen LogP contribution is -1.96. The minimum atomic E-state index is 0.112. The van der Waals surface area contributed by atoms with E-state index in [-0.39, 0.29) is 11.6 Å². The van der Waals surface area contributed by atoms with Gasteiger partial charge in [0.05, 0.1) is 5.69 Å². The minimum absolute atomic E-state index is 0.112. The Hall–Kier alpha value is -1.96. The van der Waals surface area contributed by atoms with E-state index in [2.05, 4.69) is 4.98 Å². The highest BCUT2D eigenvalue weighted by molar-refractivity contribution is 6.34. The van der Waals surface area contributed by atoms with E-state index in [1.54, 1.807) is 30.3 Å². The second-order valence-corrected chi connectivity index (χ2v) is 4.28. The molecule has 0 radical (unpaired) electrons. The molecular weight excluding hydrogens is 273 g/mol. The van der Waals surface area contributed by atoms with Gasteiger partial charge in [0.15, 0.2) is 5.69 Å². The monoisotopic (exact) mass is 279 g/mol. The lowest BCUT2D eigenvalue weighted by atomic mass is 10.3. The van der Waals surface area contributed by atoms with Gasteiger partial charge < -0.3 is 10.5 Å². The van der Waals surface area contributed by atoms with Crippen LogP contribution in [-0.4, -0.2) is 4.98 Å². The molecule has 0 saturated carbocycles. The van der Waals surface area contributed by atoms with Gasteiger partial charge in [-0.25, -0.2) is 4.98 Å². The predicted octanol–water partition coefficient (Wildman–Crippen LogP) is 3.63. The van der Waals surface area contributed by atoms with Crippen molar-refractivity contribution in [3.63, 3.8) is 0 Å². The highest BCUT2D eigenvalue weighted by Crippen LogP contribution is 2.28. The lowest BCUT2D eigenvalue weighted by molar-refractivity contribution is 0.462. The van der Waals surface area contributed by atoms with Gasteiger partial charge in [-0.05, 0) is 24.3 Å². The van der Waals surface area contributed by atoms with Crippen LogP contribution >= 0.6 is 23.2 Å².